The molecule has 0 spiro atoms. The highest BCUT2D eigenvalue weighted by molar-refractivity contribution is 6.00. The second-order valence-electron chi connectivity index (χ2n) is 5.72. The molecule has 1 amide bonds. The number of carbonyl (C=O) groups is 2. The van der Waals surface area contributed by atoms with Gasteiger partial charge in [0.05, 0.1) is 18.8 Å². The minimum atomic E-state index is -2.36. The lowest BCUT2D eigenvalue weighted by Gasteiger charge is -2.36. The van der Waals surface area contributed by atoms with Crippen LogP contribution in [0.4, 0.5) is 5.82 Å². The van der Waals surface area contributed by atoms with Gasteiger partial charge in [-0.05, 0) is 13.0 Å². The van der Waals surface area contributed by atoms with Crippen LogP contribution in [0.25, 0.3) is 5.69 Å². The Balaban J connectivity index is 1.88. The number of anilines is 1. The summed E-state index contributed by atoms with van der Waals surface area (Å²) in [6.07, 6.45) is 1.50. The number of hydrogen-bond acceptors (Lipinski definition) is 6. The molecule has 3 N–H and O–H groups in total. The predicted octanol–water partition coefficient (Wildman–Crippen LogP) is -0.872. The quantitative estimate of drug-likeness (QED) is 0.653. The summed E-state index contributed by atoms with van der Waals surface area (Å²) >= 11 is 0. The van der Waals surface area contributed by atoms with Crippen molar-refractivity contribution < 1.29 is 24.5 Å². The van der Waals surface area contributed by atoms with E-state index in [1.54, 1.807) is 18.3 Å². The van der Waals surface area contributed by atoms with E-state index in [1.807, 2.05) is 0 Å². The van der Waals surface area contributed by atoms with Crippen LogP contribution in [0.15, 0.2) is 35.4 Å². The number of aliphatic hydroxyl groups is 1. The maximum atomic E-state index is 12.6. The summed E-state index contributed by atoms with van der Waals surface area (Å²) in [4.78, 5) is 38.8. The first-order valence-corrected chi connectivity index (χ1v) is 7.44. The van der Waals surface area contributed by atoms with Crippen molar-refractivity contribution in [3.63, 3.8) is 0 Å². The molecule has 2 aromatic heterocycles. The summed E-state index contributed by atoms with van der Waals surface area (Å²) in [6, 6.07) is 4.53. The molecule has 10 nitrogen and oxygen atoms in total. The molecule has 0 aliphatic carbocycles. The third-order valence-corrected chi connectivity index (χ3v) is 3.91. The second kappa shape index (κ2) is 6.15. The molecule has 1 saturated heterocycles. The Labute approximate surface area is 141 Å². The van der Waals surface area contributed by atoms with Crippen molar-refractivity contribution in [3.05, 3.63) is 40.9 Å². The number of pyridine rings is 1. The Kier molecular flexibility index (Phi) is 4.15. The molecule has 2 aromatic rings. The zero-order valence-electron chi connectivity index (χ0n) is 13.2. The van der Waals surface area contributed by atoms with Gasteiger partial charge >= 0.3 is 5.97 Å². The normalized spacial score (nSPS) is 20.3. The number of aromatic nitrogens is 3. The van der Waals surface area contributed by atoms with Gasteiger partial charge in [0.25, 0.3) is 5.91 Å². The molecule has 25 heavy (non-hydrogen) atoms. The summed E-state index contributed by atoms with van der Waals surface area (Å²) in [5.41, 5.74) is -2.15. The third kappa shape index (κ3) is 3.04. The number of carbonyl (C=O) groups excluding carboxylic acids is 1. The summed E-state index contributed by atoms with van der Waals surface area (Å²) < 4.78 is 6.59. The number of carboxylic acid groups (broad SMARTS) is 1. The van der Waals surface area contributed by atoms with Crippen LogP contribution in [0.3, 0.4) is 0 Å². The largest absolute Gasteiger partial charge is 0.479 e. The maximum Gasteiger partial charge on any atom is 0.338 e. The number of nitrogens with zero attached hydrogens (tertiary/aromatic N) is 3. The number of morpholine rings is 1. The smallest absolute Gasteiger partial charge is 0.338 e. The van der Waals surface area contributed by atoms with Crippen LogP contribution in [0.1, 0.15) is 6.92 Å². The van der Waals surface area contributed by atoms with Gasteiger partial charge in [-0.25, -0.2) is 9.48 Å². The van der Waals surface area contributed by atoms with Crippen molar-refractivity contribution in [1.82, 2.24) is 14.8 Å². The lowest BCUT2D eigenvalue weighted by atomic mass is 9.97. The molecular weight excluding hydrogens is 332 g/mol. The van der Waals surface area contributed by atoms with Gasteiger partial charge < -0.3 is 19.9 Å². The molecule has 3 rings (SSSR count). The Morgan fingerprint density at radius 3 is 2.88 bits per heavy atom. The molecule has 0 aromatic carbocycles. The number of H-pyrrole nitrogens is 1. The number of aromatic amines is 1. The highest BCUT2D eigenvalue weighted by Gasteiger charge is 2.49. The van der Waals surface area contributed by atoms with Crippen molar-refractivity contribution in [1.29, 1.82) is 0 Å². The second-order valence-corrected chi connectivity index (χ2v) is 5.72. The predicted molar refractivity (Wildman–Crippen MR) is 84.5 cm³/mol. The topological polar surface area (TPSA) is 138 Å². The molecule has 2 unspecified atom stereocenters. The first-order valence-electron chi connectivity index (χ1n) is 7.44. The van der Waals surface area contributed by atoms with Gasteiger partial charge in [0.2, 0.25) is 5.56 Å². The number of carboxylic acids is 1. The van der Waals surface area contributed by atoms with Gasteiger partial charge in [0.1, 0.15) is 0 Å². The first kappa shape index (κ1) is 16.9. The van der Waals surface area contributed by atoms with Crippen LogP contribution >= 0.6 is 0 Å². The van der Waals surface area contributed by atoms with Gasteiger partial charge in [-0.1, -0.05) is 0 Å². The number of nitrogens with one attached hydrogen (secondary N) is 1. The minimum Gasteiger partial charge on any atom is -0.479 e. The van der Waals surface area contributed by atoms with E-state index in [2.05, 4.69) is 10.1 Å². The van der Waals surface area contributed by atoms with Gasteiger partial charge in [-0.3, -0.25) is 14.5 Å². The number of hydrogen-bond donors (Lipinski definition) is 3. The van der Waals surface area contributed by atoms with Crippen molar-refractivity contribution >= 4 is 17.7 Å². The van der Waals surface area contributed by atoms with Crippen LogP contribution in [-0.4, -0.2) is 61.7 Å². The minimum absolute atomic E-state index is 0.0533. The summed E-state index contributed by atoms with van der Waals surface area (Å²) in [5.74, 6) is -1.99. The highest BCUT2D eigenvalue weighted by atomic mass is 16.5. The van der Waals surface area contributed by atoms with Crippen molar-refractivity contribution in [2.24, 2.45) is 0 Å². The van der Waals surface area contributed by atoms with Crippen LogP contribution in [0.2, 0.25) is 0 Å². The first-order chi connectivity index (χ1) is 11.8. The van der Waals surface area contributed by atoms with E-state index < -0.39 is 23.6 Å². The van der Waals surface area contributed by atoms with Gasteiger partial charge in [-0.2, -0.15) is 0 Å². The monoisotopic (exact) mass is 348 g/mol. The Morgan fingerprint density at radius 2 is 2.20 bits per heavy atom. The summed E-state index contributed by atoms with van der Waals surface area (Å²) in [5, 5.41) is 23.4. The Hall–Kier alpha value is -2.98. The Bertz CT molecular complexity index is 871. The summed E-state index contributed by atoms with van der Waals surface area (Å²) in [6.45, 7) is 1.23. The molecule has 0 bridgehead atoms. The SMILES string of the molecule is CC(O)(C(=O)O)C1OCCN(c2ccn(-c3cc[nH]c(=O)c3)n2)C1=O. The molecule has 10 heteroatoms. The standard InChI is InChI=1S/C15H16N4O6/c1-15(24,14(22)23)12-13(21)18(6-7-25-12)10-3-5-19(17-10)9-2-4-16-11(20)8-9/h2-5,8,12,24H,6-7H2,1H3,(H,16,20)(H,22,23). The third-order valence-electron chi connectivity index (χ3n) is 3.91. The lowest BCUT2D eigenvalue weighted by Crippen LogP contribution is -2.60. The van der Waals surface area contributed by atoms with E-state index in [9.17, 15) is 19.5 Å². The van der Waals surface area contributed by atoms with Crippen LogP contribution in [0.5, 0.6) is 0 Å². The van der Waals surface area contributed by atoms with Crippen LogP contribution in [-0.2, 0) is 14.3 Å². The summed E-state index contributed by atoms with van der Waals surface area (Å²) in [7, 11) is 0. The van der Waals surface area contributed by atoms with E-state index in [-0.39, 0.29) is 24.5 Å². The van der Waals surface area contributed by atoms with Crippen LogP contribution in [0, 0.1) is 0 Å². The molecule has 3 heterocycles. The van der Waals surface area contributed by atoms with E-state index in [0.717, 1.165) is 6.92 Å². The fourth-order valence-electron chi connectivity index (χ4n) is 2.51. The molecule has 1 aliphatic heterocycles. The maximum absolute atomic E-state index is 12.6. The van der Waals surface area contributed by atoms with Crippen LogP contribution < -0.4 is 10.5 Å². The number of ether oxygens (including phenoxy) is 1. The molecule has 2 atom stereocenters. The molecule has 0 radical (unpaired) electrons. The Morgan fingerprint density at radius 1 is 1.44 bits per heavy atom. The highest BCUT2D eigenvalue weighted by Crippen LogP contribution is 2.24. The van der Waals surface area contributed by atoms with Gasteiger partial charge in [0.15, 0.2) is 17.5 Å². The van der Waals surface area contributed by atoms with Crippen molar-refractivity contribution in [3.8, 4) is 5.69 Å². The van der Waals surface area contributed by atoms with Crippen molar-refractivity contribution in [2.45, 2.75) is 18.6 Å². The molecule has 0 saturated carbocycles. The van der Waals surface area contributed by atoms with Gasteiger partial charge in [-0.15, -0.1) is 5.10 Å². The fraction of sp³-hybridized carbons (Fsp3) is 0.333. The average molecular weight is 348 g/mol. The van der Waals surface area contributed by atoms with Crippen molar-refractivity contribution in [2.75, 3.05) is 18.1 Å². The average Bonchev–Trinajstić information content (AvgIpc) is 3.04. The van der Waals surface area contributed by atoms with Gasteiger partial charge in [0, 0.05) is 24.5 Å². The molecule has 132 valence electrons. The number of aliphatic carboxylic acids is 1. The fourth-order valence-corrected chi connectivity index (χ4v) is 2.51. The molecule has 1 fully saturated rings. The zero-order valence-corrected chi connectivity index (χ0v) is 13.2. The molecular formula is C15H16N4O6. The number of rotatable bonds is 4. The lowest BCUT2D eigenvalue weighted by molar-refractivity contribution is -0.180. The van der Waals surface area contributed by atoms with E-state index in [1.165, 1.54) is 21.8 Å². The molecule has 1 aliphatic rings. The zero-order chi connectivity index (χ0) is 18.2. The van der Waals surface area contributed by atoms with E-state index >= 15 is 0 Å². The number of amides is 1. The van der Waals surface area contributed by atoms with E-state index in [0.29, 0.717) is 5.69 Å². The van der Waals surface area contributed by atoms with E-state index in [4.69, 9.17) is 9.84 Å².